The Labute approximate surface area is 208 Å². The first-order chi connectivity index (χ1) is 16.7. The molecule has 1 fully saturated rings. The quantitative estimate of drug-likeness (QED) is 0.352. The van der Waals surface area contributed by atoms with Gasteiger partial charge in [0.25, 0.3) is 5.91 Å². The van der Waals surface area contributed by atoms with Crippen molar-refractivity contribution in [2.24, 2.45) is 5.41 Å². The summed E-state index contributed by atoms with van der Waals surface area (Å²) < 4.78 is 2.26. The highest BCUT2D eigenvalue weighted by Crippen LogP contribution is 2.32. The number of benzene rings is 3. The van der Waals surface area contributed by atoms with Crippen LogP contribution in [0.15, 0.2) is 84.9 Å². The second-order valence-electron chi connectivity index (χ2n) is 10.6. The van der Waals surface area contributed by atoms with Crippen molar-refractivity contribution in [1.82, 2.24) is 4.90 Å². The van der Waals surface area contributed by atoms with Crippen molar-refractivity contribution in [2.45, 2.75) is 52.2 Å². The molecule has 180 valence electrons. The molecule has 0 N–H and O–H groups in total. The van der Waals surface area contributed by atoms with Gasteiger partial charge in [0.15, 0.2) is 5.78 Å². The maximum absolute atomic E-state index is 13.4. The number of likely N-dealkylation sites (N-methyl/N-ethyl adjacent to an activating group) is 1. The first-order valence-electron chi connectivity index (χ1n) is 12.3. The van der Waals surface area contributed by atoms with Crippen LogP contribution in [-0.4, -0.2) is 46.6 Å². The van der Waals surface area contributed by atoms with Gasteiger partial charge in [-0.1, -0.05) is 99.6 Å². The van der Waals surface area contributed by atoms with Crippen LogP contribution in [0.3, 0.4) is 0 Å². The Bertz CT molecular complexity index is 1230. The summed E-state index contributed by atoms with van der Waals surface area (Å²) in [7, 11) is 1.91. The Morgan fingerprint density at radius 3 is 2.17 bits per heavy atom. The van der Waals surface area contributed by atoms with Gasteiger partial charge < -0.3 is 0 Å². The van der Waals surface area contributed by atoms with Crippen LogP contribution in [0.25, 0.3) is 0 Å². The minimum absolute atomic E-state index is 0.0188. The average molecular weight is 468 g/mol. The number of hydrogen-bond donors (Lipinski definition) is 0. The van der Waals surface area contributed by atoms with Gasteiger partial charge in [-0.2, -0.15) is 0 Å². The van der Waals surface area contributed by atoms with E-state index in [1.165, 1.54) is 0 Å². The lowest BCUT2D eigenvalue weighted by Gasteiger charge is -2.28. The highest BCUT2D eigenvalue weighted by molar-refractivity contribution is 6.09. The number of hydrogen-bond acceptors (Lipinski definition) is 2. The summed E-state index contributed by atoms with van der Waals surface area (Å²) in [6.07, 6.45) is 2.80. The predicted octanol–water partition coefficient (Wildman–Crippen LogP) is 5.56. The smallest absolute Gasteiger partial charge is 0.289 e. The minimum Gasteiger partial charge on any atom is -0.289 e. The second kappa shape index (κ2) is 9.99. The molecule has 4 heteroatoms. The zero-order valence-electron chi connectivity index (χ0n) is 21.3. The van der Waals surface area contributed by atoms with Gasteiger partial charge in [0.05, 0.1) is 5.92 Å². The summed E-state index contributed by atoms with van der Waals surface area (Å²) in [6, 6.07) is 27.2. The summed E-state index contributed by atoms with van der Waals surface area (Å²) in [4.78, 5) is 28.3. The molecule has 0 spiro atoms. The molecule has 1 heterocycles. The van der Waals surface area contributed by atoms with Gasteiger partial charge in [0, 0.05) is 30.0 Å². The van der Waals surface area contributed by atoms with Crippen LogP contribution in [0.1, 0.15) is 60.7 Å². The van der Waals surface area contributed by atoms with Gasteiger partial charge in [0.1, 0.15) is 6.21 Å². The topological polar surface area (TPSA) is 40.4 Å². The third kappa shape index (κ3) is 5.27. The van der Waals surface area contributed by atoms with E-state index in [1.54, 1.807) is 0 Å². The third-order valence-corrected chi connectivity index (χ3v) is 6.79. The molecular weight excluding hydrogens is 432 g/mol. The highest BCUT2D eigenvalue weighted by atomic mass is 16.2. The fourth-order valence-corrected chi connectivity index (χ4v) is 5.16. The molecular formula is C31H35N2O2+. The normalized spacial score (nSPS) is 20.3. The Kier molecular flexibility index (Phi) is 7.02. The lowest BCUT2D eigenvalue weighted by molar-refractivity contribution is -0.597. The van der Waals surface area contributed by atoms with Gasteiger partial charge in [-0.05, 0) is 24.1 Å². The van der Waals surface area contributed by atoms with E-state index in [9.17, 15) is 9.59 Å². The SMILES string of the molecule is C[C@H](/C=[N+]1\[C@H](Cc2ccccc2)C(=O)N(C)[C@@H]1C(C)(C)C)c1cccc(C(=O)c2ccccc2)c1. The molecule has 3 atom stereocenters. The van der Waals surface area contributed by atoms with Crippen molar-refractivity contribution >= 4 is 17.9 Å². The van der Waals surface area contributed by atoms with Crippen molar-refractivity contribution in [3.8, 4) is 0 Å². The van der Waals surface area contributed by atoms with E-state index < -0.39 is 0 Å². The Morgan fingerprint density at radius 2 is 1.54 bits per heavy atom. The van der Waals surface area contributed by atoms with Crippen molar-refractivity contribution in [2.75, 3.05) is 7.05 Å². The van der Waals surface area contributed by atoms with Crippen LogP contribution in [0, 0.1) is 5.41 Å². The van der Waals surface area contributed by atoms with Gasteiger partial charge in [-0.15, -0.1) is 0 Å². The summed E-state index contributed by atoms with van der Waals surface area (Å²) in [5.41, 5.74) is 3.44. The van der Waals surface area contributed by atoms with Crippen LogP contribution in [0.2, 0.25) is 0 Å². The van der Waals surface area contributed by atoms with Crippen LogP contribution in [0.5, 0.6) is 0 Å². The van der Waals surface area contributed by atoms with E-state index >= 15 is 0 Å². The molecule has 0 unspecified atom stereocenters. The summed E-state index contributed by atoms with van der Waals surface area (Å²) >= 11 is 0. The lowest BCUT2D eigenvalue weighted by atomic mass is 9.91. The van der Waals surface area contributed by atoms with E-state index in [-0.39, 0.29) is 35.2 Å². The molecule has 0 aromatic heterocycles. The molecule has 0 bridgehead atoms. The number of carbonyl (C=O) groups is 2. The predicted molar refractivity (Wildman–Crippen MR) is 141 cm³/mol. The number of carbonyl (C=O) groups excluding carboxylic acids is 2. The minimum atomic E-state index is -0.261. The molecule has 4 rings (SSSR count). The summed E-state index contributed by atoms with van der Waals surface area (Å²) in [6.45, 7) is 8.67. The van der Waals surface area contributed by atoms with Crippen molar-refractivity contribution in [3.05, 3.63) is 107 Å². The molecule has 1 aliphatic heterocycles. The standard InChI is InChI=1S/C31H35N2O2/c1-22(25-17-12-18-26(20-25)28(34)24-15-10-7-11-16-24)21-33-27(19-23-13-8-6-9-14-23)29(35)32(5)30(33)31(2,3)4/h6-18,20-22,27,30H,19H2,1-5H3/q+1/b33-21+/t22-,27-,30+/m1/s1. The van der Waals surface area contributed by atoms with E-state index in [0.717, 1.165) is 11.1 Å². The lowest BCUT2D eigenvalue weighted by Crippen LogP contribution is -2.44. The zero-order chi connectivity index (χ0) is 25.2. The number of amides is 1. The van der Waals surface area contributed by atoms with E-state index in [2.05, 4.69) is 56.7 Å². The molecule has 1 saturated heterocycles. The molecule has 0 aliphatic carbocycles. The van der Waals surface area contributed by atoms with E-state index in [1.807, 2.05) is 78.7 Å². The van der Waals surface area contributed by atoms with Gasteiger partial charge >= 0.3 is 0 Å². The Morgan fingerprint density at radius 1 is 0.943 bits per heavy atom. The molecule has 1 aliphatic rings. The van der Waals surface area contributed by atoms with Gasteiger partial charge in [-0.25, -0.2) is 4.58 Å². The zero-order valence-corrected chi connectivity index (χ0v) is 21.3. The molecule has 0 radical (unpaired) electrons. The third-order valence-electron chi connectivity index (χ3n) is 6.79. The molecule has 1 amide bonds. The first kappa shape index (κ1) is 24.6. The average Bonchev–Trinajstić information content (AvgIpc) is 3.09. The Hall–Kier alpha value is -3.53. The number of ketones is 1. The van der Waals surface area contributed by atoms with Gasteiger partial charge in [0.2, 0.25) is 12.2 Å². The van der Waals surface area contributed by atoms with Crippen molar-refractivity contribution < 1.29 is 14.2 Å². The largest absolute Gasteiger partial charge is 0.296 e. The highest BCUT2D eigenvalue weighted by Gasteiger charge is 2.53. The molecule has 3 aromatic carbocycles. The van der Waals surface area contributed by atoms with Crippen LogP contribution >= 0.6 is 0 Å². The second-order valence-corrected chi connectivity index (χ2v) is 10.6. The van der Waals surface area contributed by atoms with Crippen LogP contribution in [-0.2, 0) is 11.2 Å². The molecule has 0 saturated carbocycles. The monoisotopic (exact) mass is 467 g/mol. The summed E-state index contributed by atoms with van der Waals surface area (Å²) in [5.74, 6) is 0.191. The van der Waals surface area contributed by atoms with Crippen molar-refractivity contribution in [1.29, 1.82) is 0 Å². The van der Waals surface area contributed by atoms with E-state index in [4.69, 9.17) is 0 Å². The van der Waals surface area contributed by atoms with Crippen molar-refractivity contribution in [3.63, 3.8) is 0 Å². The maximum atomic E-state index is 13.4. The van der Waals surface area contributed by atoms with Crippen LogP contribution < -0.4 is 0 Å². The van der Waals surface area contributed by atoms with E-state index in [0.29, 0.717) is 17.5 Å². The summed E-state index contributed by atoms with van der Waals surface area (Å²) in [5, 5.41) is 0. The molecule has 35 heavy (non-hydrogen) atoms. The first-order valence-corrected chi connectivity index (χ1v) is 12.3. The number of rotatable bonds is 6. The maximum Gasteiger partial charge on any atom is 0.296 e. The molecule has 4 nitrogen and oxygen atoms in total. The fraction of sp³-hybridized carbons (Fsp3) is 0.323. The Balaban J connectivity index is 1.70. The van der Waals surface area contributed by atoms with Crippen LogP contribution in [0.4, 0.5) is 0 Å². The fourth-order valence-electron chi connectivity index (χ4n) is 5.16. The number of nitrogens with zero attached hydrogens (tertiary/aromatic N) is 2. The molecule has 3 aromatic rings. The van der Waals surface area contributed by atoms with Gasteiger partial charge in [-0.3, -0.25) is 14.5 Å².